The molecule has 2 aromatic heterocycles. The molecule has 0 spiro atoms. The molecule has 0 saturated carbocycles. The van der Waals surface area contributed by atoms with E-state index in [1.54, 1.807) is 12.4 Å². The van der Waals surface area contributed by atoms with Crippen LogP contribution < -0.4 is 4.90 Å². The number of imidazole rings is 1. The standard InChI is InChI=1S/C16H16N4O/c1-2-20-6-4-10-7-11(15(21)8-14(10)20)16-18-12-3-5-17-9-13(12)19-16/h3,5,7-9,21H,2,4,6H2,1H3,(H,18,19). The molecule has 5 nitrogen and oxygen atoms in total. The second kappa shape index (κ2) is 4.48. The number of benzene rings is 1. The summed E-state index contributed by atoms with van der Waals surface area (Å²) in [6, 6.07) is 5.76. The summed E-state index contributed by atoms with van der Waals surface area (Å²) in [6.07, 6.45) is 4.47. The van der Waals surface area contributed by atoms with E-state index in [1.807, 2.05) is 18.2 Å². The number of likely N-dealkylation sites (N-methyl/N-ethyl adjacent to an activating group) is 1. The molecule has 1 aliphatic rings. The molecular weight excluding hydrogens is 264 g/mol. The fourth-order valence-corrected chi connectivity index (χ4v) is 3.00. The molecule has 3 aromatic rings. The normalized spacial score (nSPS) is 13.9. The largest absolute Gasteiger partial charge is 0.507 e. The zero-order valence-electron chi connectivity index (χ0n) is 11.8. The van der Waals surface area contributed by atoms with Crippen molar-refractivity contribution in [3.63, 3.8) is 0 Å². The Morgan fingerprint density at radius 3 is 3.10 bits per heavy atom. The van der Waals surface area contributed by atoms with Crippen LogP contribution in [0, 0.1) is 0 Å². The van der Waals surface area contributed by atoms with Gasteiger partial charge < -0.3 is 15.0 Å². The van der Waals surface area contributed by atoms with Gasteiger partial charge in [-0.2, -0.15) is 0 Å². The number of nitrogens with one attached hydrogen (secondary N) is 1. The van der Waals surface area contributed by atoms with Crippen molar-refractivity contribution in [1.29, 1.82) is 0 Å². The van der Waals surface area contributed by atoms with Crippen molar-refractivity contribution in [3.05, 3.63) is 36.2 Å². The van der Waals surface area contributed by atoms with Crippen molar-refractivity contribution in [3.8, 4) is 17.1 Å². The summed E-state index contributed by atoms with van der Waals surface area (Å²) in [5, 5.41) is 10.4. The van der Waals surface area contributed by atoms with Gasteiger partial charge in [-0.1, -0.05) is 0 Å². The maximum atomic E-state index is 10.4. The highest BCUT2D eigenvalue weighted by Gasteiger charge is 2.21. The zero-order valence-corrected chi connectivity index (χ0v) is 11.8. The van der Waals surface area contributed by atoms with E-state index in [2.05, 4.69) is 26.8 Å². The number of phenols is 1. The molecule has 4 rings (SSSR count). The van der Waals surface area contributed by atoms with Gasteiger partial charge >= 0.3 is 0 Å². The highest BCUT2D eigenvalue weighted by molar-refractivity contribution is 5.81. The summed E-state index contributed by atoms with van der Waals surface area (Å²) in [5.41, 5.74) is 4.89. The van der Waals surface area contributed by atoms with Crippen LogP contribution in [0.2, 0.25) is 0 Å². The molecule has 0 fully saturated rings. The third kappa shape index (κ3) is 1.85. The fourth-order valence-electron chi connectivity index (χ4n) is 3.00. The van der Waals surface area contributed by atoms with Gasteiger partial charge in [0.15, 0.2) is 0 Å². The first-order valence-electron chi connectivity index (χ1n) is 7.17. The van der Waals surface area contributed by atoms with Crippen LogP contribution in [0.5, 0.6) is 5.75 Å². The minimum absolute atomic E-state index is 0.265. The fraction of sp³-hybridized carbons (Fsp3) is 0.250. The Bertz CT molecular complexity index is 791. The quantitative estimate of drug-likeness (QED) is 0.757. The van der Waals surface area contributed by atoms with Gasteiger partial charge in [-0.15, -0.1) is 0 Å². The summed E-state index contributed by atoms with van der Waals surface area (Å²) < 4.78 is 0. The van der Waals surface area contributed by atoms with Crippen LogP contribution in [0.3, 0.4) is 0 Å². The Balaban J connectivity index is 1.85. The maximum absolute atomic E-state index is 10.4. The van der Waals surface area contributed by atoms with Crippen molar-refractivity contribution in [2.24, 2.45) is 0 Å². The molecule has 1 aliphatic heterocycles. The third-order valence-electron chi connectivity index (χ3n) is 4.11. The predicted octanol–water partition coefficient (Wildman–Crippen LogP) is 2.71. The second-order valence-corrected chi connectivity index (χ2v) is 5.31. The van der Waals surface area contributed by atoms with Crippen LogP contribution in [-0.4, -0.2) is 33.1 Å². The average molecular weight is 280 g/mol. The number of hydrogen-bond donors (Lipinski definition) is 2. The molecule has 0 radical (unpaired) electrons. The number of aromatic amines is 1. The Labute approximate surface area is 122 Å². The highest BCUT2D eigenvalue weighted by Crippen LogP contribution is 2.38. The van der Waals surface area contributed by atoms with E-state index in [-0.39, 0.29) is 5.75 Å². The first-order valence-corrected chi connectivity index (χ1v) is 7.17. The number of anilines is 1. The number of phenolic OH excluding ortho intramolecular Hbond substituents is 1. The van der Waals surface area contributed by atoms with Gasteiger partial charge in [-0.25, -0.2) is 4.98 Å². The van der Waals surface area contributed by atoms with Crippen molar-refractivity contribution in [2.45, 2.75) is 13.3 Å². The number of H-pyrrole nitrogens is 1. The van der Waals surface area contributed by atoms with Gasteiger partial charge in [-0.3, -0.25) is 4.98 Å². The molecule has 3 heterocycles. The van der Waals surface area contributed by atoms with Crippen LogP contribution in [0.4, 0.5) is 5.69 Å². The number of aromatic nitrogens is 3. The van der Waals surface area contributed by atoms with E-state index in [0.717, 1.165) is 41.8 Å². The van der Waals surface area contributed by atoms with Gasteiger partial charge in [0.2, 0.25) is 0 Å². The van der Waals surface area contributed by atoms with Gasteiger partial charge in [0.05, 0.1) is 22.8 Å². The van der Waals surface area contributed by atoms with Crippen LogP contribution in [0.25, 0.3) is 22.4 Å². The van der Waals surface area contributed by atoms with E-state index in [1.165, 1.54) is 5.56 Å². The minimum atomic E-state index is 0.265. The molecule has 5 heteroatoms. The summed E-state index contributed by atoms with van der Waals surface area (Å²) >= 11 is 0. The second-order valence-electron chi connectivity index (χ2n) is 5.31. The van der Waals surface area contributed by atoms with Gasteiger partial charge in [-0.05, 0) is 31.0 Å². The van der Waals surface area contributed by atoms with Crippen LogP contribution in [-0.2, 0) is 6.42 Å². The minimum Gasteiger partial charge on any atom is -0.507 e. The molecule has 1 aromatic carbocycles. The van der Waals surface area contributed by atoms with Crippen molar-refractivity contribution in [2.75, 3.05) is 18.0 Å². The summed E-state index contributed by atoms with van der Waals surface area (Å²) in [4.78, 5) is 14.1. The average Bonchev–Trinajstić information content (AvgIpc) is 3.09. The van der Waals surface area contributed by atoms with E-state index < -0.39 is 0 Å². The molecule has 0 bridgehead atoms. The van der Waals surface area contributed by atoms with Crippen LogP contribution in [0.15, 0.2) is 30.6 Å². The molecule has 2 N–H and O–H groups in total. The Morgan fingerprint density at radius 2 is 2.29 bits per heavy atom. The Morgan fingerprint density at radius 1 is 1.38 bits per heavy atom. The van der Waals surface area contributed by atoms with Crippen molar-refractivity contribution < 1.29 is 5.11 Å². The number of aromatic hydroxyl groups is 1. The topological polar surface area (TPSA) is 65.0 Å². The Hall–Kier alpha value is -2.56. The predicted molar refractivity (Wildman–Crippen MR) is 82.6 cm³/mol. The van der Waals surface area contributed by atoms with Crippen molar-refractivity contribution in [1.82, 2.24) is 15.0 Å². The summed E-state index contributed by atoms with van der Waals surface area (Å²) in [5.74, 6) is 0.953. The van der Waals surface area contributed by atoms with Crippen LogP contribution in [0.1, 0.15) is 12.5 Å². The first kappa shape index (κ1) is 12.2. The number of rotatable bonds is 2. The highest BCUT2D eigenvalue weighted by atomic mass is 16.3. The Kier molecular flexibility index (Phi) is 2.60. The molecule has 106 valence electrons. The zero-order chi connectivity index (χ0) is 14.4. The molecule has 0 atom stereocenters. The first-order chi connectivity index (χ1) is 10.3. The van der Waals surface area contributed by atoms with E-state index in [9.17, 15) is 5.11 Å². The molecule has 21 heavy (non-hydrogen) atoms. The number of pyridine rings is 1. The molecular formula is C16H16N4O. The molecule has 0 amide bonds. The van der Waals surface area contributed by atoms with Gasteiger partial charge in [0.25, 0.3) is 0 Å². The third-order valence-corrected chi connectivity index (χ3v) is 4.11. The molecule has 0 unspecified atom stereocenters. The number of nitrogens with zero attached hydrogens (tertiary/aromatic N) is 3. The maximum Gasteiger partial charge on any atom is 0.142 e. The lowest BCUT2D eigenvalue weighted by Gasteiger charge is -2.17. The summed E-state index contributed by atoms with van der Waals surface area (Å²) in [7, 11) is 0. The summed E-state index contributed by atoms with van der Waals surface area (Å²) in [6.45, 7) is 4.10. The van der Waals surface area contributed by atoms with E-state index in [0.29, 0.717) is 5.82 Å². The number of fused-ring (bicyclic) bond motifs is 2. The SMILES string of the molecule is CCN1CCc2cc(-c3nc4ccncc4[nH]3)c(O)cc21. The van der Waals surface area contributed by atoms with Crippen molar-refractivity contribution >= 4 is 16.7 Å². The molecule has 0 saturated heterocycles. The monoisotopic (exact) mass is 280 g/mol. The number of hydrogen-bond acceptors (Lipinski definition) is 4. The smallest absolute Gasteiger partial charge is 0.142 e. The van der Waals surface area contributed by atoms with E-state index >= 15 is 0 Å². The lowest BCUT2D eigenvalue weighted by atomic mass is 10.1. The van der Waals surface area contributed by atoms with Gasteiger partial charge in [0.1, 0.15) is 11.6 Å². The van der Waals surface area contributed by atoms with Crippen LogP contribution >= 0.6 is 0 Å². The van der Waals surface area contributed by atoms with E-state index in [4.69, 9.17) is 0 Å². The lowest BCUT2D eigenvalue weighted by Crippen LogP contribution is -2.19. The van der Waals surface area contributed by atoms with Gasteiger partial charge in [0, 0.05) is 31.0 Å². The lowest BCUT2D eigenvalue weighted by molar-refractivity contribution is 0.477. The molecule has 0 aliphatic carbocycles.